The van der Waals surface area contributed by atoms with Crippen LogP contribution in [0.3, 0.4) is 0 Å². The van der Waals surface area contributed by atoms with Crippen molar-refractivity contribution in [2.75, 3.05) is 12.0 Å². The lowest BCUT2D eigenvalue weighted by molar-refractivity contribution is 1.70. The molecule has 0 heterocycles. The summed E-state index contributed by atoms with van der Waals surface area (Å²) in [6.45, 7) is 2.02. The van der Waals surface area contributed by atoms with Crippen LogP contribution in [-0.2, 0) is 0 Å². The van der Waals surface area contributed by atoms with Gasteiger partial charge in [0, 0.05) is 5.75 Å². The standard InChI is InChI=1S/C7H12S/c1-3-4-5-6-7-8-2/h3-6H,7H2,1-2H3/b4-3+,6-5+. The van der Waals surface area contributed by atoms with Crippen LogP contribution in [0.15, 0.2) is 24.3 Å². The highest BCUT2D eigenvalue weighted by atomic mass is 32.2. The Labute approximate surface area is 55.7 Å². The maximum atomic E-state index is 2.14. The molecule has 1 heteroatoms. The topological polar surface area (TPSA) is 0 Å². The SMILES string of the molecule is C/C=C/C=C/CSC. The first-order valence-corrected chi connectivity index (χ1v) is 4.08. The van der Waals surface area contributed by atoms with Crippen molar-refractivity contribution >= 4 is 11.8 Å². The van der Waals surface area contributed by atoms with Gasteiger partial charge in [-0.2, -0.15) is 11.8 Å². The third kappa shape index (κ3) is 5.83. The van der Waals surface area contributed by atoms with E-state index in [4.69, 9.17) is 0 Å². The molecule has 0 rings (SSSR count). The number of thioether (sulfide) groups is 1. The Morgan fingerprint density at radius 1 is 1.38 bits per heavy atom. The molecule has 0 bridgehead atoms. The Morgan fingerprint density at radius 3 is 2.62 bits per heavy atom. The monoisotopic (exact) mass is 128 g/mol. The zero-order valence-corrected chi connectivity index (χ0v) is 6.24. The molecule has 0 spiro atoms. The number of rotatable bonds is 3. The fraction of sp³-hybridized carbons (Fsp3) is 0.429. The van der Waals surface area contributed by atoms with E-state index in [1.807, 2.05) is 30.8 Å². The summed E-state index contributed by atoms with van der Waals surface area (Å²) < 4.78 is 0. The summed E-state index contributed by atoms with van der Waals surface area (Å²) in [5.41, 5.74) is 0. The van der Waals surface area contributed by atoms with Crippen LogP contribution in [0.5, 0.6) is 0 Å². The maximum Gasteiger partial charge on any atom is 0.0113 e. The molecular formula is C7H12S. The normalized spacial score (nSPS) is 11.8. The van der Waals surface area contributed by atoms with Crippen LogP contribution in [0.1, 0.15) is 6.92 Å². The quantitative estimate of drug-likeness (QED) is 0.526. The van der Waals surface area contributed by atoms with Gasteiger partial charge in [0.05, 0.1) is 0 Å². The second-order valence-electron chi connectivity index (χ2n) is 1.41. The van der Waals surface area contributed by atoms with Gasteiger partial charge in [0.15, 0.2) is 0 Å². The van der Waals surface area contributed by atoms with Gasteiger partial charge in [0.1, 0.15) is 0 Å². The van der Waals surface area contributed by atoms with Crippen LogP contribution in [0.4, 0.5) is 0 Å². The van der Waals surface area contributed by atoms with E-state index >= 15 is 0 Å². The first-order chi connectivity index (χ1) is 3.91. The number of hydrogen-bond acceptors (Lipinski definition) is 1. The van der Waals surface area contributed by atoms with Crippen molar-refractivity contribution < 1.29 is 0 Å². The summed E-state index contributed by atoms with van der Waals surface area (Å²) in [6, 6.07) is 0. The first-order valence-electron chi connectivity index (χ1n) is 2.68. The molecule has 0 fully saturated rings. The Hall–Kier alpha value is -0.170. The van der Waals surface area contributed by atoms with E-state index in [1.54, 1.807) is 0 Å². The van der Waals surface area contributed by atoms with Crippen molar-refractivity contribution in [1.82, 2.24) is 0 Å². The summed E-state index contributed by atoms with van der Waals surface area (Å²) in [5.74, 6) is 1.12. The van der Waals surface area contributed by atoms with Gasteiger partial charge in [0.25, 0.3) is 0 Å². The van der Waals surface area contributed by atoms with Crippen LogP contribution >= 0.6 is 11.8 Å². The molecule has 0 atom stereocenters. The molecule has 0 aromatic carbocycles. The summed E-state index contributed by atoms with van der Waals surface area (Å²) in [6.07, 6.45) is 10.4. The van der Waals surface area contributed by atoms with Crippen LogP contribution in [0.2, 0.25) is 0 Å². The second kappa shape index (κ2) is 6.83. The lowest BCUT2D eigenvalue weighted by Gasteiger charge is -1.78. The fourth-order valence-corrected chi connectivity index (χ4v) is 0.645. The zero-order chi connectivity index (χ0) is 6.24. The summed E-state index contributed by atoms with van der Waals surface area (Å²) in [4.78, 5) is 0. The number of allylic oxidation sites excluding steroid dienone is 3. The van der Waals surface area contributed by atoms with Crippen LogP contribution in [-0.4, -0.2) is 12.0 Å². The van der Waals surface area contributed by atoms with Crippen molar-refractivity contribution in [1.29, 1.82) is 0 Å². The van der Waals surface area contributed by atoms with E-state index < -0.39 is 0 Å². The van der Waals surface area contributed by atoms with Gasteiger partial charge in [0.2, 0.25) is 0 Å². The minimum absolute atomic E-state index is 1.12. The molecule has 0 saturated carbocycles. The third-order valence-electron chi connectivity index (χ3n) is 0.703. The van der Waals surface area contributed by atoms with Crippen molar-refractivity contribution in [3.05, 3.63) is 24.3 Å². The van der Waals surface area contributed by atoms with Crippen LogP contribution in [0.25, 0.3) is 0 Å². The van der Waals surface area contributed by atoms with Crippen molar-refractivity contribution in [2.24, 2.45) is 0 Å². The van der Waals surface area contributed by atoms with Gasteiger partial charge in [-0.25, -0.2) is 0 Å². The smallest absolute Gasteiger partial charge is 0.0113 e. The van der Waals surface area contributed by atoms with Gasteiger partial charge in [-0.3, -0.25) is 0 Å². The van der Waals surface area contributed by atoms with E-state index in [-0.39, 0.29) is 0 Å². The molecular weight excluding hydrogens is 116 g/mol. The molecule has 0 nitrogen and oxygen atoms in total. The zero-order valence-electron chi connectivity index (χ0n) is 5.42. The highest BCUT2D eigenvalue weighted by molar-refractivity contribution is 7.98. The molecule has 0 aromatic rings. The lowest BCUT2D eigenvalue weighted by atomic mass is 10.5. The average molecular weight is 128 g/mol. The van der Waals surface area contributed by atoms with Crippen molar-refractivity contribution in [3.8, 4) is 0 Å². The van der Waals surface area contributed by atoms with Crippen molar-refractivity contribution in [2.45, 2.75) is 6.92 Å². The van der Waals surface area contributed by atoms with Gasteiger partial charge < -0.3 is 0 Å². The molecule has 0 radical (unpaired) electrons. The second-order valence-corrected chi connectivity index (χ2v) is 2.32. The molecule has 0 aliphatic heterocycles. The highest BCUT2D eigenvalue weighted by Crippen LogP contribution is 1.90. The highest BCUT2D eigenvalue weighted by Gasteiger charge is 1.66. The van der Waals surface area contributed by atoms with Crippen LogP contribution < -0.4 is 0 Å². The van der Waals surface area contributed by atoms with Gasteiger partial charge >= 0.3 is 0 Å². The first kappa shape index (κ1) is 7.83. The fourth-order valence-electron chi connectivity index (χ4n) is 0.341. The van der Waals surface area contributed by atoms with E-state index in [9.17, 15) is 0 Å². The summed E-state index contributed by atoms with van der Waals surface area (Å²) in [5, 5.41) is 0. The van der Waals surface area contributed by atoms with E-state index in [0.29, 0.717) is 0 Å². The Kier molecular flexibility index (Phi) is 6.68. The minimum atomic E-state index is 1.12. The molecule has 0 saturated heterocycles. The van der Waals surface area contributed by atoms with E-state index in [0.717, 1.165) is 5.75 Å². The lowest BCUT2D eigenvalue weighted by Crippen LogP contribution is -1.62. The Bertz CT molecular complexity index is 82.4. The predicted octanol–water partition coefficient (Wildman–Crippen LogP) is 2.48. The third-order valence-corrected chi connectivity index (χ3v) is 1.23. The molecule has 46 valence electrons. The van der Waals surface area contributed by atoms with Gasteiger partial charge in [-0.05, 0) is 13.2 Å². The van der Waals surface area contributed by atoms with Crippen LogP contribution in [0, 0.1) is 0 Å². The molecule has 0 aliphatic carbocycles. The summed E-state index contributed by atoms with van der Waals surface area (Å²) in [7, 11) is 0. The molecule has 0 amide bonds. The Balaban J connectivity index is 3.07. The minimum Gasteiger partial charge on any atom is -0.161 e. The van der Waals surface area contributed by atoms with Gasteiger partial charge in [-0.15, -0.1) is 0 Å². The molecule has 0 aliphatic rings. The number of hydrogen-bond donors (Lipinski definition) is 0. The van der Waals surface area contributed by atoms with Crippen molar-refractivity contribution in [3.63, 3.8) is 0 Å². The molecule has 0 aromatic heterocycles. The predicted molar refractivity (Wildman–Crippen MR) is 42.3 cm³/mol. The molecule has 8 heavy (non-hydrogen) atoms. The Morgan fingerprint density at radius 2 is 2.12 bits per heavy atom. The average Bonchev–Trinajstić information content (AvgIpc) is 1.81. The molecule has 0 unspecified atom stereocenters. The largest absolute Gasteiger partial charge is 0.161 e. The maximum absolute atomic E-state index is 2.14. The van der Waals surface area contributed by atoms with Gasteiger partial charge in [-0.1, -0.05) is 24.3 Å². The molecule has 0 N–H and O–H groups in total. The van der Waals surface area contributed by atoms with E-state index in [2.05, 4.69) is 18.4 Å². The summed E-state index contributed by atoms with van der Waals surface area (Å²) >= 11 is 1.83. The van der Waals surface area contributed by atoms with E-state index in [1.165, 1.54) is 0 Å².